The molecule has 4 nitrogen and oxygen atoms in total. The largest absolute Gasteiger partial charge is 0.383 e. The van der Waals surface area contributed by atoms with Crippen LogP contribution in [0, 0.1) is 5.92 Å². The summed E-state index contributed by atoms with van der Waals surface area (Å²) in [4.78, 5) is 11.4. The first-order valence-corrected chi connectivity index (χ1v) is 6.84. The molecule has 0 spiro atoms. The van der Waals surface area contributed by atoms with Crippen LogP contribution in [0.25, 0.3) is 0 Å². The molecule has 100 valence electrons. The van der Waals surface area contributed by atoms with Crippen molar-refractivity contribution in [1.82, 2.24) is 5.32 Å². The highest BCUT2D eigenvalue weighted by Crippen LogP contribution is 2.26. The van der Waals surface area contributed by atoms with Crippen LogP contribution in [0.1, 0.15) is 51.9 Å². The quantitative estimate of drug-likeness (QED) is 0.633. The summed E-state index contributed by atoms with van der Waals surface area (Å²) in [5.74, 6) is 0.394. The lowest BCUT2D eigenvalue weighted by Gasteiger charge is -2.16. The molecular formula is C13H26N2O2. The number of aliphatic hydroxyl groups is 1. The Morgan fingerprint density at radius 1 is 1.41 bits per heavy atom. The van der Waals surface area contributed by atoms with Gasteiger partial charge in [0.15, 0.2) is 0 Å². The van der Waals surface area contributed by atoms with E-state index >= 15 is 0 Å². The third-order valence-corrected chi connectivity index (χ3v) is 3.64. The van der Waals surface area contributed by atoms with Gasteiger partial charge in [-0.15, -0.1) is 0 Å². The Bertz CT molecular complexity index is 233. The average molecular weight is 242 g/mol. The van der Waals surface area contributed by atoms with Crippen LogP contribution in [0.5, 0.6) is 0 Å². The maximum Gasteiger partial charge on any atom is 0.248 e. The number of nitrogens with one attached hydrogen (secondary N) is 1. The van der Waals surface area contributed by atoms with Gasteiger partial charge >= 0.3 is 0 Å². The second-order valence-corrected chi connectivity index (χ2v) is 5.12. The highest BCUT2D eigenvalue weighted by Gasteiger charge is 2.19. The van der Waals surface area contributed by atoms with Gasteiger partial charge in [-0.05, 0) is 44.9 Å². The molecule has 0 aromatic carbocycles. The second kappa shape index (κ2) is 7.67. The Balaban J connectivity index is 2.22. The first-order valence-electron chi connectivity index (χ1n) is 6.84. The summed E-state index contributed by atoms with van der Waals surface area (Å²) in [5.41, 5.74) is 5.93. The zero-order valence-corrected chi connectivity index (χ0v) is 10.8. The summed E-state index contributed by atoms with van der Waals surface area (Å²) in [6.07, 6.45) is 6.39. The highest BCUT2D eigenvalue weighted by molar-refractivity contribution is 5.80. The summed E-state index contributed by atoms with van der Waals surface area (Å²) in [6.45, 7) is 2.44. The molecule has 4 heteroatoms. The van der Waals surface area contributed by atoms with Gasteiger partial charge < -0.3 is 16.2 Å². The van der Waals surface area contributed by atoms with Crippen LogP contribution in [0.3, 0.4) is 0 Å². The maximum absolute atomic E-state index is 11.4. The van der Waals surface area contributed by atoms with E-state index in [9.17, 15) is 9.90 Å². The Kier molecular flexibility index (Phi) is 6.52. The highest BCUT2D eigenvalue weighted by atomic mass is 16.3. The van der Waals surface area contributed by atoms with Crippen LogP contribution in [-0.4, -0.2) is 29.7 Å². The van der Waals surface area contributed by atoms with E-state index in [0.29, 0.717) is 24.9 Å². The van der Waals surface area contributed by atoms with Crippen molar-refractivity contribution in [2.75, 3.05) is 6.54 Å². The summed E-state index contributed by atoms with van der Waals surface area (Å²) >= 11 is 0. The number of carbonyl (C=O) groups excluding carboxylic acids is 1. The van der Waals surface area contributed by atoms with Crippen LogP contribution in [-0.2, 0) is 4.79 Å². The standard InChI is InChI=1S/C13H26N2O2/c1-2-15-13(17)12(16)9-7-10-4-3-5-11(14)8-6-10/h10-12,16H,2-9,14H2,1H3,(H,15,17). The third-order valence-electron chi connectivity index (χ3n) is 3.64. The SMILES string of the molecule is CCNC(=O)C(O)CCC1CCCC(N)CC1. The summed E-state index contributed by atoms with van der Waals surface area (Å²) < 4.78 is 0. The predicted molar refractivity (Wildman–Crippen MR) is 68.5 cm³/mol. The fourth-order valence-electron chi connectivity index (χ4n) is 2.51. The number of nitrogens with two attached hydrogens (primary N) is 1. The van der Waals surface area contributed by atoms with Gasteiger partial charge in [0.25, 0.3) is 0 Å². The fraction of sp³-hybridized carbons (Fsp3) is 0.923. The van der Waals surface area contributed by atoms with Crippen molar-refractivity contribution in [2.45, 2.75) is 64.0 Å². The fourth-order valence-corrected chi connectivity index (χ4v) is 2.51. The third kappa shape index (κ3) is 5.50. The van der Waals surface area contributed by atoms with Crippen molar-refractivity contribution >= 4 is 5.91 Å². The van der Waals surface area contributed by atoms with Crippen molar-refractivity contribution in [2.24, 2.45) is 11.7 Å². The molecule has 1 aliphatic carbocycles. The topological polar surface area (TPSA) is 75.3 Å². The molecule has 0 heterocycles. The summed E-state index contributed by atoms with van der Waals surface area (Å²) in [6, 6.07) is 0.355. The van der Waals surface area contributed by atoms with Crippen LogP contribution in [0.15, 0.2) is 0 Å². The van der Waals surface area contributed by atoms with Crippen molar-refractivity contribution in [1.29, 1.82) is 0 Å². The molecule has 1 saturated carbocycles. The van der Waals surface area contributed by atoms with Gasteiger partial charge in [-0.25, -0.2) is 0 Å². The lowest BCUT2D eigenvalue weighted by Crippen LogP contribution is -2.34. The Morgan fingerprint density at radius 2 is 2.18 bits per heavy atom. The summed E-state index contributed by atoms with van der Waals surface area (Å²) in [5, 5.41) is 12.3. The lowest BCUT2D eigenvalue weighted by atomic mass is 9.93. The van der Waals surface area contributed by atoms with Crippen molar-refractivity contribution < 1.29 is 9.90 Å². The normalized spacial score (nSPS) is 27.2. The van der Waals surface area contributed by atoms with Crippen molar-refractivity contribution in [3.63, 3.8) is 0 Å². The molecule has 17 heavy (non-hydrogen) atoms. The number of hydrogen-bond donors (Lipinski definition) is 3. The smallest absolute Gasteiger partial charge is 0.248 e. The van der Waals surface area contributed by atoms with Gasteiger partial charge in [-0.2, -0.15) is 0 Å². The molecule has 0 aromatic heterocycles. The number of carbonyl (C=O) groups is 1. The van der Waals surface area contributed by atoms with E-state index < -0.39 is 6.10 Å². The molecule has 0 radical (unpaired) electrons. The number of aliphatic hydroxyl groups excluding tert-OH is 1. The monoisotopic (exact) mass is 242 g/mol. The Labute approximate surface area is 104 Å². The average Bonchev–Trinajstić information content (AvgIpc) is 2.51. The van der Waals surface area contributed by atoms with Gasteiger partial charge in [0, 0.05) is 12.6 Å². The summed E-state index contributed by atoms with van der Waals surface area (Å²) in [7, 11) is 0. The zero-order valence-electron chi connectivity index (χ0n) is 10.8. The Morgan fingerprint density at radius 3 is 2.88 bits per heavy atom. The molecule has 1 rings (SSSR count). The first-order chi connectivity index (χ1) is 8.13. The molecule has 0 aliphatic heterocycles. The number of rotatable bonds is 5. The lowest BCUT2D eigenvalue weighted by molar-refractivity contribution is -0.129. The van der Waals surface area contributed by atoms with Gasteiger partial charge in [-0.3, -0.25) is 4.79 Å². The van der Waals surface area contributed by atoms with E-state index in [1.165, 1.54) is 12.8 Å². The van der Waals surface area contributed by atoms with E-state index in [-0.39, 0.29) is 5.91 Å². The minimum atomic E-state index is -0.841. The first kappa shape index (κ1) is 14.5. The van der Waals surface area contributed by atoms with Crippen LogP contribution >= 0.6 is 0 Å². The van der Waals surface area contributed by atoms with Gasteiger partial charge in [-0.1, -0.05) is 12.8 Å². The Hall–Kier alpha value is -0.610. The number of likely N-dealkylation sites (N-methyl/N-ethyl adjacent to an activating group) is 1. The minimum absolute atomic E-state index is 0.238. The molecule has 4 N–H and O–H groups in total. The predicted octanol–water partition coefficient (Wildman–Crippen LogP) is 1.17. The second-order valence-electron chi connectivity index (χ2n) is 5.12. The maximum atomic E-state index is 11.4. The minimum Gasteiger partial charge on any atom is -0.383 e. The van der Waals surface area contributed by atoms with E-state index in [1.807, 2.05) is 6.92 Å². The molecular weight excluding hydrogens is 216 g/mol. The number of amides is 1. The molecule has 0 bridgehead atoms. The van der Waals surface area contributed by atoms with Crippen molar-refractivity contribution in [3.05, 3.63) is 0 Å². The molecule has 1 fully saturated rings. The van der Waals surface area contributed by atoms with E-state index in [0.717, 1.165) is 25.7 Å². The van der Waals surface area contributed by atoms with Crippen LogP contribution < -0.4 is 11.1 Å². The van der Waals surface area contributed by atoms with E-state index in [1.54, 1.807) is 0 Å². The van der Waals surface area contributed by atoms with Gasteiger partial charge in [0.1, 0.15) is 6.10 Å². The molecule has 1 aliphatic rings. The molecule has 1 amide bonds. The molecule has 0 saturated heterocycles. The molecule has 0 aromatic rings. The van der Waals surface area contributed by atoms with E-state index in [4.69, 9.17) is 5.73 Å². The van der Waals surface area contributed by atoms with E-state index in [2.05, 4.69) is 5.32 Å². The van der Waals surface area contributed by atoms with Gasteiger partial charge in [0.05, 0.1) is 0 Å². The van der Waals surface area contributed by atoms with Gasteiger partial charge in [0.2, 0.25) is 5.91 Å². The molecule has 3 atom stereocenters. The van der Waals surface area contributed by atoms with Crippen molar-refractivity contribution in [3.8, 4) is 0 Å². The van der Waals surface area contributed by atoms with Crippen LogP contribution in [0.4, 0.5) is 0 Å². The zero-order chi connectivity index (χ0) is 12.7. The van der Waals surface area contributed by atoms with Crippen LogP contribution in [0.2, 0.25) is 0 Å². The number of hydrogen-bond acceptors (Lipinski definition) is 3. The molecule has 3 unspecified atom stereocenters.